The number of aromatic nitrogens is 3. The summed E-state index contributed by atoms with van der Waals surface area (Å²) in [6, 6.07) is 3.03. The molecule has 0 spiro atoms. The van der Waals surface area contributed by atoms with Gasteiger partial charge in [0.1, 0.15) is 16.6 Å². The Labute approximate surface area is 305 Å². The molecule has 0 bridgehead atoms. The Hall–Kier alpha value is -4.37. The van der Waals surface area contributed by atoms with E-state index in [1.165, 1.54) is 28.1 Å². The van der Waals surface area contributed by atoms with E-state index < -0.39 is 40.4 Å². The number of pyridine rings is 1. The van der Waals surface area contributed by atoms with E-state index in [4.69, 9.17) is 9.84 Å². The molecule has 3 aromatic heterocycles. The highest BCUT2D eigenvalue weighted by Gasteiger charge is 2.41. The van der Waals surface area contributed by atoms with Crippen molar-refractivity contribution in [2.75, 3.05) is 13.1 Å². The van der Waals surface area contributed by atoms with Crippen LogP contribution in [-0.4, -0.2) is 78.3 Å². The minimum Gasteiger partial charge on any atom is -0.476 e. The topological polar surface area (TPSA) is 177 Å². The van der Waals surface area contributed by atoms with E-state index in [2.05, 4.69) is 15.0 Å². The van der Waals surface area contributed by atoms with Crippen LogP contribution in [-0.2, 0) is 30.5 Å². The second-order valence-electron chi connectivity index (χ2n) is 13.8. The zero-order valence-corrected chi connectivity index (χ0v) is 31.5. The maximum atomic E-state index is 12.8. The molecule has 2 aliphatic heterocycles. The second kappa shape index (κ2) is 16.8. The molecule has 51 heavy (non-hydrogen) atoms. The van der Waals surface area contributed by atoms with Gasteiger partial charge >= 0.3 is 11.9 Å². The first kappa shape index (κ1) is 39.4. The Morgan fingerprint density at radius 3 is 1.75 bits per heavy atom. The molecule has 2 atom stereocenters. The molecule has 2 aliphatic rings. The van der Waals surface area contributed by atoms with Gasteiger partial charge in [0.15, 0.2) is 11.4 Å². The largest absolute Gasteiger partial charge is 0.476 e. The molecule has 5 heterocycles. The Bertz CT molecular complexity index is 1750. The summed E-state index contributed by atoms with van der Waals surface area (Å²) in [6.07, 6.45) is 7.50. The van der Waals surface area contributed by atoms with Crippen LogP contribution in [0, 0.1) is 10.8 Å². The summed E-state index contributed by atoms with van der Waals surface area (Å²) in [4.78, 5) is 89.1. The highest BCUT2D eigenvalue weighted by atomic mass is 32.1. The van der Waals surface area contributed by atoms with Crippen LogP contribution in [0.1, 0.15) is 129 Å². The zero-order valence-electron chi connectivity index (χ0n) is 29.8. The van der Waals surface area contributed by atoms with Gasteiger partial charge in [-0.15, -0.1) is 22.7 Å². The predicted molar refractivity (Wildman–Crippen MR) is 190 cm³/mol. The number of carbonyl (C=O) groups excluding carboxylic acids is 5. The summed E-state index contributed by atoms with van der Waals surface area (Å²) in [6.45, 7) is 12.1. The van der Waals surface area contributed by atoms with Gasteiger partial charge in [-0.25, -0.2) is 19.6 Å². The molecular weight excluding hydrogens is 695 g/mol. The summed E-state index contributed by atoms with van der Waals surface area (Å²) >= 11 is 2.54. The number of amides is 2. The fraction of sp³-hybridized carbons (Fsp3) is 0.528. The fourth-order valence-corrected chi connectivity index (χ4v) is 7.35. The molecule has 274 valence electrons. The normalized spacial score (nSPS) is 17.5. The first-order chi connectivity index (χ1) is 24.1. The van der Waals surface area contributed by atoms with E-state index in [1.807, 2.05) is 19.9 Å². The van der Waals surface area contributed by atoms with Crippen molar-refractivity contribution in [3.8, 4) is 0 Å². The average Bonchev–Trinajstić information content (AvgIpc) is 3.96. The number of nitrogens with zero attached hydrogens (tertiary/aromatic N) is 5. The van der Waals surface area contributed by atoms with Crippen molar-refractivity contribution in [1.29, 1.82) is 0 Å². The Kier molecular flexibility index (Phi) is 13.0. The van der Waals surface area contributed by atoms with Crippen molar-refractivity contribution in [3.05, 3.63) is 62.3 Å². The standard InChI is InChI=1S/C21H25N3O4S.C15H20N2O4S/c1-4-21(2,3)17(25)19(26)24-10-6-8-16(24)18-23-15(13-29-18)20(27)28-12-14-7-5-9-22-11-14;1-4-15(2,3)11(18)13(19)17-7-5-6-10(17)12-16-9(8-22-12)14(20)21/h5,7,9,11,13,16H,4,6,8,10,12H2,1-3H3;8,10H,4-7H2,1-3H3,(H,20,21)/t16-;10-/m00/s1. The van der Waals surface area contributed by atoms with Gasteiger partial charge < -0.3 is 19.6 Å². The number of likely N-dealkylation sites (tertiary alicyclic amines) is 2. The lowest BCUT2D eigenvalue weighted by molar-refractivity contribution is -0.149. The van der Waals surface area contributed by atoms with Gasteiger partial charge in [0.2, 0.25) is 11.6 Å². The van der Waals surface area contributed by atoms with E-state index in [1.54, 1.807) is 61.3 Å². The van der Waals surface area contributed by atoms with Crippen LogP contribution in [0.5, 0.6) is 0 Å². The average molecular weight is 740 g/mol. The smallest absolute Gasteiger partial charge is 0.358 e. The van der Waals surface area contributed by atoms with Crippen LogP contribution in [0.4, 0.5) is 0 Å². The molecular formula is C36H45N5O8S2. The molecule has 0 aliphatic carbocycles. The summed E-state index contributed by atoms with van der Waals surface area (Å²) in [5.74, 6) is -3.31. The van der Waals surface area contributed by atoms with Crippen LogP contribution >= 0.6 is 22.7 Å². The molecule has 2 saturated heterocycles. The van der Waals surface area contributed by atoms with E-state index in [9.17, 15) is 28.8 Å². The number of esters is 1. The van der Waals surface area contributed by atoms with Crippen LogP contribution in [0.3, 0.4) is 0 Å². The van der Waals surface area contributed by atoms with Gasteiger partial charge in [0.05, 0.1) is 12.1 Å². The maximum absolute atomic E-state index is 12.8. The molecule has 0 saturated carbocycles. The highest BCUT2D eigenvalue weighted by molar-refractivity contribution is 7.10. The number of ketones is 2. The summed E-state index contributed by atoms with van der Waals surface area (Å²) in [7, 11) is 0. The lowest BCUT2D eigenvalue weighted by atomic mass is 9.84. The van der Waals surface area contributed by atoms with Crippen molar-refractivity contribution in [3.63, 3.8) is 0 Å². The van der Waals surface area contributed by atoms with Crippen LogP contribution < -0.4 is 0 Å². The molecule has 13 nitrogen and oxygen atoms in total. The van der Waals surface area contributed by atoms with Crippen LogP contribution in [0.15, 0.2) is 35.3 Å². The van der Waals surface area contributed by atoms with E-state index >= 15 is 0 Å². The number of carboxylic acid groups (broad SMARTS) is 1. The van der Waals surface area contributed by atoms with Crippen LogP contribution in [0.25, 0.3) is 0 Å². The quantitative estimate of drug-likeness (QED) is 0.168. The summed E-state index contributed by atoms with van der Waals surface area (Å²) < 4.78 is 5.29. The van der Waals surface area contributed by atoms with Gasteiger partial charge in [-0.05, 0) is 44.6 Å². The molecule has 2 fully saturated rings. The van der Waals surface area contributed by atoms with E-state index in [0.29, 0.717) is 42.4 Å². The molecule has 5 rings (SSSR count). The molecule has 0 radical (unpaired) electrons. The minimum atomic E-state index is -1.08. The molecule has 1 N–H and O–H groups in total. The lowest BCUT2D eigenvalue weighted by Gasteiger charge is -2.27. The van der Waals surface area contributed by atoms with Crippen molar-refractivity contribution in [1.82, 2.24) is 24.8 Å². The van der Waals surface area contributed by atoms with Gasteiger partial charge in [-0.2, -0.15) is 0 Å². The number of aromatic carboxylic acids is 1. The number of hydrogen-bond acceptors (Lipinski definition) is 12. The SMILES string of the molecule is CCC(C)(C)C(=O)C(=O)N1CCC[C@H]1c1nc(C(=O)O)cs1.CCC(C)(C)C(=O)C(=O)N1CCC[C@H]1c1nc(C(=O)OCc2cccnc2)cs1. The number of carbonyl (C=O) groups is 6. The summed E-state index contributed by atoms with van der Waals surface area (Å²) in [5, 5.41) is 13.3. The lowest BCUT2D eigenvalue weighted by Crippen LogP contribution is -2.42. The molecule has 0 unspecified atom stereocenters. The second-order valence-corrected chi connectivity index (χ2v) is 15.6. The third-order valence-electron chi connectivity index (χ3n) is 9.55. The van der Waals surface area contributed by atoms with Crippen molar-refractivity contribution < 1.29 is 38.6 Å². The number of hydrogen-bond donors (Lipinski definition) is 1. The maximum Gasteiger partial charge on any atom is 0.358 e. The van der Waals surface area contributed by atoms with E-state index in [-0.39, 0.29) is 35.9 Å². The highest BCUT2D eigenvalue weighted by Crippen LogP contribution is 2.37. The first-order valence-electron chi connectivity index (χ1n) is 17.0. The number of rotatable bonds is 12. The number of thiazole rings is 2. The predicted octanol–water partition coefficient (Wildman–Crippen LogP) is 6.07. The Balaban J connectivity index is 0.000000238. The van der Waals surface area contributed by atoms with Crippen molar-refractivity contribution >= 4 is 58.0 Å². The molecule has 3 aromatic rings. The van der Waals surface area contributed by atoms with Crippen LogP contribution in [0.2, 0.25) is 0 Å². The van der Waals surface area contributed by atoms with E-state index in [0.717, 1.165) is 24.8 Å². The fourth-order valence-electron chi connectivity index (χ4n) is 5.47. The van der Waals surface area contributed by atoms with Gasteiger partial charge in [0, 0.05) is 52.6 Å². The third-order valence-corrected chi connectivity index (χ3v) is 11.4. The number of carboxylic acids is 1. The summed E-state index contributed by atoms with van der Waals surface area (Å²) in [5.41, 5.74) is -0.373. The zero-order chi connectivity index (χ0) is 37.5. The van der Waals surface area contributed by atoms with Crippen molar-refractivity contribution in [2.24, 2.45) is 10.8 Å². The minimum absolute atomic E-state index is 0.0143. The van der Waals surface area contributed by atoms with Gasteiger partial charge in [0.25, 0.3) is 11.8 Å². The molecule has 2 amide bonds. The van der Waals surface area contributed by atoms with Gasteiger partial charge in [-0.3, -0.25) is 24.2 Å². The Morgan fingerprint density at radius 2 is 1.31 bits per heavy atom. The molecule has 15 heteroatoms. The monoisotopic (exact) mass is 739 g/mol. The van der Waals surface area contributed by atoms with Gasteiger partial charge in [-0.1, -0.05) is 47.6 Å². The molecule has 0 aromatic carbocycles. The third kappa shape index (κ3) is 9.30. The Morgan fingerprint density at radius 1 is 0.824 bits per heavy atom. The van der Waals surface area contributed by atoms with Crippen molar-refractivity contribution in [2.45, 2.75) is 98.8 Å². The number of ether oxygens (including phenoxy) is 1. The number of Topliss-reactive ketones (excluding diaryl/α,β-unsaturated/α-hetero) is 2. The first-order valence-corrected chi connectivity index (χ1v) is 18.8.